The van der Waals surface area contributed by atoms with E-state index in [1.54, 1.807) is 13.2 Å². The van der Waals surface area contributed by atoms with Crippen molar-refractivity contribution >= 4 is 5.82 Å². The van der Waals surface area contributed by atoms with Crippen LogP contribution in [-0.4, -0.2) is 12.0 Å². The number of hydrogen-bond acceptors (Lipinski definition) is 3. The van der Waals surface area contributed by atoms with Gasteiger partial charge < -0.3 is 0 Å². The lowest BCUT2D eigenvalue weighted by atomic mass is 10.2. The first kappa shape index (κ1) is 8.93. The average molecular weight is 169 g/mol. The molecule has 0 aliphatic carbocycles. The maximum Gasteiger partial charge on any atom is 0.178 e. The lowest BCUT2D eigenvalue weighted by molar-refractivity contribution is 0.614. The summed E-state index contributed by atoms with van der Waals surface area (Å²) in [6.45, 7) is 1.95. The number of rotatable bonds is 2. The van der Waals surface area contributed by atoms with E-state index < -0.39 is 0 Å². The molecule has 0 bridgehead atoms. The van der Waals surface area contributed by atoms with Crippen molar-refractivity contribution < 1.29 is 4.39 Å². The van der Waals surface area contributed by atoms with E-state index in [1.807, 2.05) is 6.92 Å². The number of hydrogen-bond donors (Lipinski definition) is 1. The summed E-state index contributed by atoms with van der Waals surface area (Å²) in [5, 5.41) is 1.16. The van der Waals surface area contributed by atoms with Crippen LogP contribution in [0, 0.1) is 5.82 Å². The SMILES string of the molecule is CCc1cnc(N(C)N)c(F)c1. The smallest absolute Gasteiger partial charge is 0.178 e. The first-order valence-electron chi connectivity index (χ1n) is 3.78. The Morgan fingerprint density at radius 1 is 1.67 bits per heavy atom. The predicted octanol–water partition coefficient (Wildman–Crippen LogP) is 1.09. The molecule has 3 nitrogen and oxygen atoms in total. The van der Waals surface area contributed by atoms with Gasteiger partial charge in [0.2, 0.25) is 0 Å². The molecule has 0 aromatic carbocycles. The van der Waals surface area contributed by atoms with Crippen molar-refractivity contribution in [3.8, 4) is 0 Å². The molecule has 66 valence electrons. The van der Waals surface area contributed by atoms with Crippen LogP contribution in [0.5, 0.6) is 0 Å². The Kier molecular flexibility index (Phi) is 2.60. The molecule has 1 aromatic heterocycles. The Bertz CT molecular complexity index is 273. The van der Waals surface area contributed by atoms with Crippen LogP contribution >= 0.6 is 0 Å². The number of pyridine rings is 1. The zero-order valence-electron chi connectivity index (χ0n) is 7.21. The Morgan fingerprint density at radius 2 is 2.33 bits per heavy atom. The molecule has 0 saturated carbocycles. The van der Waals surface area contributed by atoms with Gasteiger partial charge in [-0.2, -0.15) is 0 Å². The minimum Gasteiger partial charge on any atom is -0.296 e. The second-order valence-corrected chi connectivity index (χ2v) is 2.61. The number of anilines is 1. The van der Waals surface area contributed by atoms with E-state index >= 15 is 0 Å². The van der Waals surface area contributed by atoms with Gasteiger partial charge in [0, 0.05) is 13.2 Å². The van der Waals surface area contributed by atoms with E-state index in [2.05, 4.69) is 4.98 Å². The van der Waals surface area contributed by atoms with Crippen LogP contribution in [-0.2, 0) is 6.42 Å². The highest BCUT2D eigenvalue weighted by Crippen LogP contribution is 2.13. The van der Waals surface area contributed by atoms with Gasteiger partial charge in [0.05, 0.1) is 0 Å². The van der Waals surface area contributed by atoms with E-state index in [1.165, 1.54) is 6.07 Å². The monoisotopic (exact) mass is 169 g/mol. The summed E-state index contributed by atoms with van der Waals surface area (Å²) < 4.78 is 13.1. The van der Waals surface area contributed by atoms with E-state index in [0.29, 0.717) is 0 Å². The molecular formula is C8H12FN3. The number of nitrogens with two attached hydrogens (primary N) is 1. The van der Waals surface area contributed by atoms with Gasteiger partial charge in [-0.3, -0.25) is 5.01 Å². The largest absolute Gasteiger partial charge is 0.296 e. The number of nitrogens with zero attached hydrogens (tertiary/aromatic N) is 2. The van der Waals surface area contributed by atoms with Gasteiger partial charge in [-0.15, -0.1) is 0 Å². The van der Waals surface area contributed by atoms with Gasteiger partial charge in [0.15, 0.2) is 11.6 Å². The summed E-state index contributed by atoms with van der Waals surface area (Å²) in [5.41, 5.74) is 0.873. The van der Waals surface area contributed by atoms with Gasteiger partial charge in [-0.1, -0.05) is 6.92 Å². The van der Waals surface area contributed by atoms with Crippen LogP contribution in [0.2, 0.25) is 0 Å². The summed E-state index contributed by atoms with van der Waals surface area (Å²) in [5.74, 6) is 5.13. The lowest BCUT2D eigenvalue weighted by Crippen LogP contribution is -2.27. The Morgan fingerprint density at radius 3 is 2.75 bits per heavy atom. The Balaban J connectivity index is 3.03. The first-order chi connectivity index (χ1) is 5.65. The van der Waals surface area contributed by atoms with Gasteiger partial charge in [-0.05, 0) is 18.1 Å². The molecule has 1 rings (SSSR count). The minimum absolute atomic E-state index is 0.173. The van der Waals surface area contributed by atoms with Gasteiger partial charge in [-0.25, -0.2) is 15.2 Å². The molecule has 0 aliphatic rings. The Labute approximate surface area is 71.0 Å². The highest BCUT2D eigenvalue weighted by Gasteiger charge is 2.05. The standard InChI is InChI=1S/C8H12FN3/c1-3-6-4-7(9)8(11-5-6)12(2)10/h4-5H,3,10H2,1-2H3. The normalized spacial score (nSPS) is 10.0. The first-order valence-corrected chi connectivity index (χ1v) is 3.78. The molecule has 12 heavy (non-hydrogen) atoms. The van der Waals surface area contributed by atoms with Crippen LogP contribution < -0.4 is 10.9 Å². The number of aromatic nitrogens is 1. The Hall–Kier alpha value is -1.16. The topological polar surface area (TPSA) is 42.2 Å². The van der Waals surface area contributed by atoms with Crippen molar-refractivity contribution in [1.82, 2.24) is 4.98 Å². The summed E-state index contributed by atoms with van der Waals surface area (Å²) >= 11 is 0. The molecule has 0 aliphatic heterocycles. The second kappa shape index (κ2) is 3.49. The van der Waals surface area contributed by atoms with Crippen LogP contribution in [0.25, 0.3) is 0 Å². The van der Waals surface area contributed by atoms with Crippen molar-refractivity contribution in [3.63, 3.8) is 0 Å². The van der Waals surface area contributed by atoms with E-state index in [4.69, 9.17) is 5.84 Å². The van der Waals surface area contributed by atoms with Crippen LogP contribution in [0.15, 0.2) is 12.3 Å². The zero-order valence-corrected chi connectivity index (χ0v) is 7.21. The van der Waals surface area contributed by atoms with E-state index in [0.717, 1.165) is 17.0 Å². The van der Waals surface area contributed by atoms with Crippen molar-refractivity contribution in [2.45, 2.75) is 13.3 Å². The molecular weight excluding hydrogens is 157 g/mol. The third kappa shape index (κ3) is 1.71. The van der Waals surface area contributed by atoms with Crippen molar-refractivity contribution in [2.75, 3.05) is 12.1 Å². The molecule has 4 heteroatoms. The molecule has 0 saturated heterocycles. The number of aryl methyl sites for hydroxylation is 1. The summed E-state index contributed by atoms with van der Waals surface area (Å²) in [6, 6.07) is 1.45. The maximum atomic E-state index is 13.1. The number of halogens is 1. The fourth-order valence-electron chi connectivity index (χ4n) is 0.923. The molecule has 1 heterocycles. The molecule has 0 unspecified atom stereocenters. The molecule has 0 spiro atoms. The summed E-state index contributed by atoms with van der Waals surface area (Å²) in [7, 11) is 1.55. The minimum atomic E-state index is -0.376. The van der Waals surface area contributed by atoms with Crippen LogP contribution in [0.1, 0.15) is 12.5 Å². The summed E-state index contributed by atoms with van der Waals surface area (Å²) in [4.78, 5) is 3.87. The number of hydrazine groups is 1. The van der Waals surface area contributed by atoms with Crippen LogP contribution in [0.4, 0.5) is 10.2 Å². The van der Waals surface area contributed by atoms with Crippen molar-refractivity contribution in [2.24, 2.45) is 5.84 Å². The van der Waals surface area contributed by atoms with E-state index in [9.17, 15) is 4.39 Å². The highest BCUT2D eigenvalue weighted by atomic mass is 19.1. The second-order valence-electron chi connectivity index (χ2n) is 2.61. The van der Waals surface area contributed by atoms with Gasteiger partial charge in [0.25, 0.3) is 0 Å². The molecule has 0 atom stereocenters. The quantitative estimate of drug-likeness (QED) is 0.532. The zero-order chi connectivity index (χ0) is 9.14. The fourth-order valence-corrected chi connectivity index (χ4v) is 0.923. The predicted molar refractivity (Wildman–Crippen MR) is 46.2 cm³/mol. The molecule has 0 radical (unpaired) electrons. The lowest BCUT2D eigenvalue weighted by Gasteiger charge is -2.11. The van der Waals surface area contributed by atoms with Crippen LogP contribution in [0.3, 0.4) is 0 Å². The average Bonchev–Trinajstić information content (AvgIpc) is 2.03. The molecule has 0 amide bonds. The highest BCUT2D eigenvalue weighted by molar-refractivity contribution is 5.38. The van der Waals surface area contributed by atoms with Crippen molar-refractivity contribution in [3.05, 3.63) is 23.6 Å². The van der Waals surface area contributed by atoms with Gasteiger partial charge in [0.1, 0.15) is 0 Å². The molecule has 0 fully saturated rings. The third-order valence-electron chi connectivity index (χ3n) is 1.62. The fraction of sp³-hybridized carbons (Fsp3) is 0.375. The third-order valence-corrected chi connectivity index (χ3v) is 1.62. The molecule has 2 N–H and O–H groups in total. The summed E-state index contributed by atoms with van der Waals surface area (Å²) in [6.07, 6.45) is 2.40. The van der Waals surface area contributed by atoms with E-state index in [-0.39, 0.29) is 11.6 Å². The molecule has 1 aromatic rings. The van der Waals surface area contributed by atoms with Crippen molar-refractivity contribution in [1.29, 1.82) is 0 Å². The maximum absolute atomic E-state index is 13.1. The van der Waals surface area contributed by atoms with Gasteiger partial charge >= 0.3 is 0 Å².